The summed E-state index contributed by atoms with van der Waals surface area (Å²) in [6.07, 6.45) is 0. The second-order valence-electron chi connectivity index (χ2n) is 4.70. The molecule has 3 heteroatoms. The standard InChI is InChI=1S/C18H15NO2/c20-18-12-6-10-16(19-18)15-9-4-5-11-17(15)21-13-14-7-2-1-3-8-14/h1-12H,13H2,(H,19,20). The van der Waals surface area contributed by atoms with Gasteiger partial charge in [0.1, 0.15) is 12.4 Å². The Balaban J connectivity index is 1.88. The van der Waals surface area contributed by atoms with Crippen LogP contribution in [-0.2, 0) is 6.61 Å². The Hall–Kier alpha value is -2.81. The van der Waals surface area contributed by atoms with E-state index < -0.39 is 0 Å². The molecular weight excluding hydrogens is 262 g/mol. The van der Waals surface area contributed by atoms with Gasteiger partial charge in [-0.2, -0.15) is 0 Å². The number of rotatable bonds is 4. The Kier molecular flexibility index (Phi) is 3.83. The van der Waals surface area contributed by atoms with Gasteiger partial charge in [-0.05, 0) is 23.8 Å². The highest BCUT2D eigenvalue weighted by molar-refractivity contribution is 5.66. The molecular formula is C18H15NO2. The van der Waals surface area contributed by atoms with E-state index in [1.54, 1.807) is 6.07 Å². The second kappa shape index (κ2) is 6.09. The predicted octanol–water partition coefficient (Wildman–Crippen LogP) is 3.62. The van der Waals surface area contributed by atoms with Crippen LogP contribution in [0, 0.1) is 0 Å². The summed E-state index contributed by atoms with van der Waals surface area (Å²) in [5.74, 6) is 0.753. The van der Waals surface area contributed by atoms with Crippen LogP contribution in [0.15, 0.2) is 77.6 Å². The molecule has 3 nitrogen and oxygen atoms in total. The second-order valence-corrected chi connectivity index (χ2v) is 4.70. The quantitative estimate of drug-likeness (QED) is 0.791. The van der Waals surface area contributed by atoms with Crippen molar-refractivity contribution in [3.8, 4) is 17.0 Å². The topological polar surface area (TPSA) is 42.1 Å². The summed E-state index contributed by atoms with van der Waals surface area (Å²) in [7, 11) is 0. The van der Waals surface area contributed by atoms with Gasteiger partial charge in [0.15, 0.2) is 0 Å². The van der Waals surface area contributed by atoms with Gasteiger partial charge in [-0.1, -0.05) is 48.5 Å². The van der Waals surface area contributed by atoms with Gasteiger partial charge in [0.25, 0.3) is 0 Å². The van der Waals surface area contributed by atoms with Gasteiger partial charge in [0, 0.05) is 11.6 Å². The molecule has 0 spiro atoms. The van der Waals surface area contributed by atoms with Crippen LogP contribution in [0.4, 0.5) is 0 Å². The minimum Gasteiger partial charge on any atom is -0.488 e. The Bertz CT molecular complexity index is 778. The van der Waals surface area contributed by atoms with Crippen LogP contribution in [0.1, 0.15) is 5.56 Å². The van der Waals surface area contributed by atoms with Crippen LogP contribution in [0.25, 0.3) is 11.3 Å². The van der Waals surface area contributed by atoms with Crippen LogP contribution in [0.3, 0.4) is 0 Å². The Morgan fingerprint density at radius 1 is 0.810 bits per heavy atom. The lowest BCUT2D eigenvalue weighted by atomic mass is 10.1. The van der Waals surface area contributed by atoms with E-state index in [1.807, 2.05) is 60.7 Å². The summed E-state index contributed by atoms with van der Waals surface area (Å²) in [6, 6.07) is 22.8. The zero-order valence-electron chi connectivity index (χ0n) is 11.5. The van der Waals surface area contributed by atoms with E-state index in [-0.39, 0.29) is 5.56 Å². The Morgan fingerprint density at radius 2 is 1.57 bits per heavy atom. The first-order chi connectivity index (χ1) is 10.3. The van der Waals surface area contributed by atoms with Crippen molar-refractivity contribution >= 4 is 0 Å². The predicted molar refractivity (Wildman–Crippen MR) is 83.3 cm³/mol. The summed E-state index contributed by atoms with van der Waals surface area (Å²) in [6.45, 7) is 0.495. The summed E-state index contributed by atoms with van der Waals surface area (Å²) >= 11 is 0. The van der Waals surface area contributed by atoms with E-state index in [4.69, 9.17) is 4.74 Å². The van der Waals surface area contributed by atoms with E-state index in [2.05, 4.69) is 4.98 Å². The number of benzene rings is 2. The van der Waals surface area contributed by atoms with Crippen molar-refractivity contribution in [2.45, 2.75) is 6.61 Å². The molecule has 0 saturated carbocycles. The fraction of sp³-hybridized carbons (Fsp3) is 0.0556. The van der Waals surface area contributed by atoms with Crippen LogP contribution in [-0.4, -0.2) is 4.98 Å². The summed E-state index contributed by atoms with van der Waals surface area (Å²) in [4.78, 5) is 14.3. The highest BCUT2D eigenvalue weighted by atomic mass is 16.5. The van der Waals surface area contributed by atoms with Crippen molar-refractivity contribution in [1.29, 1.82) is 0 Å². The first-order valence-electron chi connectivity index (χ1n) is 6.78. The maximum absolute atomic E-state index is 11.5. The minimum atomic E-state index is -0.120. The molecule has 0 radical (unpaired) electrons. The van der Waals surface area contributed by atoms with Gasteiger partial charge in [0.2, 0.25) is 5.56 Å². The maximum Gasteiger partial charge on any atom is 0.248 e. The zero-order valence-corrected chi connectivity index (χ0v) is 11.5. The van der Waals surface area contributed by atoms with E-state index in [1.165, 1.54) is 6.07 Å². The normalized spacial score (nSPS) is 10.3. The largest absolute Gasteiger partial charge is 0.488 e. The molecule has 21 heavy (non-hydrogen) atoms. The molecule has 0 atom stereocenters. The number of hydrogen-bond donors (Lipinski definition) is 1. The molecule has 0 saturated heterocycles. The summed E-state index contributed by atoms with van der Waals surface area (Å²) in [5, 5.41) is 0. The van der Waals surface area contributed by atoms with E-state index in [0.29, 0.717) is 6.61 Å². The smallest absolute Gasteiger partial charge is 0.248 e. The van der Waals surface area contributed by atoms with Gasteiger partial charge in [-0.15, -0.1) is 0 Å². The molecule has 1 heterocycles. The minimum absolute atomic E-state index is 0.120. The third-order valence-electron chi connectivity index (χ3n) is 3.18. The average Bonchev–Trinajstić information content (AvgIpc) is 2.54. The number of aromatic amines is 1. The van der Waals surface area contributed by atoms with Gasteiger partial charge < -0.3 is 9.72 Å². The number of ether oxygens (including phenoxy) is 1. The number of aromatic nitrogens is 1. The first-order valence-corrected chi connectivity index (χ1v) is 6.78. The monoisotopic (exact) mass is 277 g/mol. The van der Waals surface area contributed by atoms with Crippen molar-refractivity contribution in [2.24, 2.45) is 0 Å². The van der Waals surface area contributed by atoms with Crippen molar-refractivity contribution in [3.05, 3.63) is 88.7 Å². The fourth-order valence-electron chi connectivity index (χ4n) is 2.16. The maximum atomic E-state index is 11.5. The molecule has 0 aliphatic carbocycles. The van der Waals surface area contributed by atoms with Gasteiger partial charge >= 0.3 is 0 Å². The molecule has 3 rings (SSSR count). The third-order valence-corrected chi connectivity index (χ3v) is 3.18. The lowest BCUT2D eigenvalue weighted by molar-refractivity contribution is 0.307. The molecule has 104 valence electrons. The molecule has 3 aromatic rings. The first kappa shape index (κ1) is 13.2. The molecule has 0 aliphatic heterocycles. The Labute approximate surface area is 122 Å². The molecule has 0 aliphatic rings. The highest BCUT2D eigenvalue weighted by Gasteiger charge is 2.06. The Morgan fingerprint density at radius 3 is 2.38 bits per heavy atom. The fourth-order valence-corrected chi connectivity index (χ4v) is 2.16. The van der Waals surface area contributed by atoms with Gasteiger partial charge in [-0.3, -0.25) is 4.79 Å². The molecule has 1 N–H and O–H groups in total. The van der Waals surface area contributed by atoms with Crippen molar-refractivity contribution < 1.29 is 4.74 Å². The van der Waals surface area contributed by atoms with Crippen molar-refractivity contribution in [1.82, 2.24) is 4.98 Å². The number of H-pyrrole nitrogens is 1. The van der Waals surface area contributed by atoms with Crippen molar-refractivity contribution in [2.75, 3.05) is 0 Å². The van der Waals surface area contributed by atoms with Crippen LogP contribution < -0.4 is 10.3 Å². The lowest BCUT2D eigenvalue weighted by Crippen LogP contribution is -2.04. The molecule has 0 amide bonds. The van der Waals surface area contributed by atoms with Gasteiger partial charge in [0.05, 0.1) is 5.69 Å². The lowest BCUT2D eigenvalue weighted by Gasteiger charge is -2.11. The summed E-state index contributed by atoms with van der Waals surface area (Å²) < 4.78 is 5.90. The van der Waals surface area contributed by atoms with Gasteiger partial charge in [-0.25, -0.2) is 0 Å². The van der Waals surface area contributed by atoms with E-state index in [0.717, 1.165) is 22.6 Å². The average molecular weight is 277 g/mol. The van der Waals surface area contributed by atoms with Crippen LogP contribution >= 0.6 is 0 Å². The number of pyridine rings is 1. The zero-order chi connectivity index (χ0) is 14.5. The third kappa shape index (κ3) is 3.20. The number of nitrogens with one attached hydrogen (secondary N) is 1. The SMILES string of the molecule is O=c1cccc(-c2ccccc2OCc2ccccc2)[nH]1. The molecule has 0 bridgehead atoms. The molecule has 0 unspecified atom stereocenters. The highest BCUT2D eigenvalue weighted by Crippen LogP contribution is 2.28. The van der Waals surface area contributed by atoms with Crippen LogP contribution in [0.2, 0.25) is 0 Å². The number of hydrogen-bond acceptors (Lipinski definition) is 2. The van der Waals surface area contributed by atoms with E-state index in [9.17, 15) is 4.79 Å². The van der Waals surface area contributed by atoms with E-state index >= 15 is 0 Å². The van der Waals surface area contributed by atoms with Crippen LogP contribution in [0.5, 0.6) is 5.75 Å². The van der Waals surface area contributed by atoms with Crippen molar-refractivity contribution in [3.63, 3.8) is 0 Å². The molecule has 0 fully saturated rings. The summed E-state index contributed by atoms with van der Waals surface area (Å²) in [5.41, 5.74) is 2.62. The molecule has 2 aromatic carbocycles. The molecule has 1 aromatic heterocycles. The number of para-hydroxylation sites is 1.